The van der Waals surface area contributed by atoms with Crippen molar-refractivity contribution < 1.29 is 14.3 Å². The lowest BCUT2D eigenvalue weighted by Crippen LogP contribution is -2.14. The Hall–Kier alpha value is -1.71. The van der Waals surface area contributed by atoms with E-state index in [9.17, 15) is 4.79 Å². The molecule has 1 heterocycles. The summed E-state index contributed by atoms with van der Waals surface area (Å²) in [4.78, 5) is 11.3. The normalized spacial score (nSPS) is 22.9. The predicted molar refractivity (Wildman–Crippen MR) is 76.2 cm³/mol. The van der Waals surface area contributed by atoms with Crippen LogP contribution in [0, 0.1) is 0 Å². The molecule has 4 heteroatoms. The van der Waals surface area contributed by atoms with Crippen LogP contribution in [0.5, 0.6) is 11.5 Å². The minimum Gasteiger partial charge on any atom is -0.493 e. The van der Waals surface area contributed by atoms with Crippen molar-refractivity contribution in [1.29, 1.82) is 0 Å². The van der Waals surface area contributed by atoms with Crippen LogP contribution < -0.4 is 14.8 Å². The number of methoxy groups -OCH3 is 1. The second-order valence-electron chi connectivity index (χ2n) is 5.64. The number of carbonyl (C=O) groups excluding carboxylic acids is 1. The molecule has 0 spiro atoms. The molecule has 1 aliphatic heterocycles. The molecule has 3 rings (SSSR count). The molecular weight excluding hydrogens is 254 g/mol. The minimum absolute atomic E-state index is 0.129. The van der Waals surface area contributed by atoms with Crippen molar-refractivity contribution in [3.05, 3.63) is 23.8 Å². The molecule has 1 saturated carbocycles. The fraction of sp³-hybridized carbons (Fsp3) is 0.562. The van der Waals surface area contributed by atoms with Gasteiger partial charge < -0.3 is 14.8 Å². The summed E-state index contributed by atoms with van der Waals surface area (Å²) in [5.74, 6) is 1.97. The van der Waals surface area contributed by atoms with Crippen LogP contribution in [-0.2, 0) is 4.79 Å². The SMILES string of the molecule is COc1ccc([C@H]2CNC(=O)C2)cc1OC1CCCC1. The third-order valence-corrected chi connectivity index (χ3v) is 4.23. The van der Waals surface area contributed by atoms with Gasteiger partial charge in [-0.05, 0) is 43.4 Å². The Morgan fingerprint density at radius 3 is 2.65 bits per heavy atom. The number of nitrogens with one attached hydrogen (secondary N) is 1. The number of carbonyl (C=O) groups is 1. The van der Waals surface area contributed by atoms with Gasteiger partial charge in [0, 0.05) is 18.9 Å². The Balaban J connectivity index is 1.80. The molecule has 0 bridgehead atoms. The number of rotatable bonds is 4. The smallest absolute Gasteiger partial charge is 0.220 e. The Morgan fingerprint density at radius 2 is 2.00 bits per heavy atom. The predicted octanol–water partition coefficient (Wildman–Crippen LogP) is 2.62. The molecule has 20 heavy (non-hydrogen) atoms. The first-order chi connectivity index (χ1) is 9.76. The molecular formula is C16H21NO3. The Kier molecular flexibility index (Phi) is 3.81. The summed E-state index contributed by atoms with van der Waals surface area (Å²) in [5, 5.41) is 2.88. The summed E-state index contributed by atoms with van der Waals surface area (Å²) in [7, 11) is 1.66. The summed E-state index contributed by atoms with van der Waals surface area (Å²) in [6, 6.07) is 6.02. The highest BCUT2D eigenvalue weighted by Crippen LogP contribution is 2.35. The van der Waals surface area contributed by atoms with Gasteiger partial charge in [-0.15, -0.1) is 0 Å². The van der Waals surface area contributed by atoms with Crippen LogP contribution in [0.1, 0.15) is 43.6 Å². The molecule has 0 aromatic heterocycles. The van der Waals surface area contributed by atoms with E-state index >= 15 is 0 Å². The Morgan fingerprint density at radius 1 is 1.20 bits per heavy atom. The second-order valence-corrected chi connectivity index (χ2v) is 5.64. The van der Waals surface area contributed by atoms with E-state index in [4.69, 9.17) is 9.47 Å². The topological polar surface area (TPSA) is 47.6 Å². The van der Waals surface area contributed by atoms with Gasteiger partial charge in [0.05, 0.1) is 13.2 Å². The van der Waals surface area contributed by atoms with E-state index in [0.717, 1.165) is 29.9 Å². The van der Waals surface area contributed by atoms with E-state index in [0.29, 0.717) is 19.1 Å². The van der Waals surface area contributed by atoms with Gasteiger partial charge in [0.15, 0.2) is 11.5 Å². The first kappa shape index (κ1) is 13.3. The third-order valence-electron chi connectivity index (χ3n) is 4.23. The van der Waals surface area contributed by atoms with Crippen molar-refractivity contribution in [2.24, 2.45) is 0 Å². The van der Waals surface area contributed by atoms with E-state index in [1.807, 2.05) is 18.2 Å². The largest absolute Gasteiger partial charge is 0.493 e. The lowest BCUT2D eigenvalue weighted by molar-refractivity contribution is -0.119. The summed E-state index contributed by atoms with van der Waals surface area (Å²) in [6.45, 7) is 0.716. The minimum atomic E-state index is 0.129. The summed E-state index contributed by atoms with van der Waals surface area (Å²) in [6.07, 6.45) is 5.60. The van der Waals surface area contributed by atoms with Crippen LogP contribution in [0.2, 0.25) is 0 Å². The van der Waals surface area contributed by atoms with Crippen molar-refractivity contribution in [2.75, 3.05) is 13.7 Å². The maximum absolute atomic E-state index is 11.3. The van der Waals surface area contributed by atoms with E-state index in [1.165, 1.54) is 12.8 Å². The summed E-state index contributed by atoms with van der Waals surface area (Å²) >= 11 is 0. The van der Waals surface area contributed by atoms with Crippen molar-refractivity contribution in [1.82, 2.24) is 5.32 Å². The molecule has 1 saturated heterocycles. The maximum atomic E-state index is 11.3. The second kappa shape index (κ2) is 5.73. The molecule has 1 amide bonds. The number of hydrogen-bond acceptors (Lipinski definition) is 3. The van der Waals surface area contributed by atoms with Crippen LogP contribution in [-0.4, -0.2) is 25.7 Å². The van der Waals surface area contributed by atoms with Gasteiger partial charge in [-0.3, -0.25) is 4.79 Å². The molecule has 1 N–H and O–H groups in total. The number of amides is 1. The first-order valence-electron chi connectivity index (χ1n) is 7.37. The fourth-order valence-corrected chi connectivity index (χ4v) is 3.07. The Bertz CT molecular complexity index is 494. The van der Waals surface area contributed by atoms with Crippen molar-refractivity contribution in [3.63, 3.8) is 0 Å². The van der Waals surface area contributed by atoms with Crippen molar-refractivity contribution in [2.45, 2.75) is 44.1 Å². The van der Waals surface area contributed by atoms with Crippen LogP contribution in [0.15, 0.2) is 18.2 Å². The first-order valence-corrected chi connectivity index (χ1v) is 7.37. The van der Waals surface area contributed by atoms with E-state index in [-0.39, 0.29) is 11.8 Å². The average molecular weight is 275 g/mol. The Labute approximate surface area is 119 Å². The van der Waals surface area contributed by atoms with E-state index in [2.05, 4.69) is 5.32 Å². The standard InChI is InChI=1S/C16H21NO3/c1-19-14-7-6-11(12-9-16(18)17-10-12)8-15(14)20-13-4-2-3-5-13/h6-8,12-13H,2-5,9-10H2,1H3,(H,17,18)/t12-/m1/s1. The molecule has 0 unspecified atom stereocenters. The maximum Gasteiger partial charge on any atom is 0.220 e. The van der Waals surface area contributed by atoms with Crippen molar-refractivity contribution in [3.8, 4) is 11.5 Å². The third kappa shape index (κ3) is 2.74. The van der Waals surface area contributed by atoms with Gasteiger partial charge in [0.25, 0.3) is 0 Å². The molecule has 1 aromatic carbocycles. The summed E-state index contributed by atoms with van der Waals surface area (Å²) < 4.78 is 11.5. The number of ether oxygens (including phenoxy) is 2. The quantitative estimate of drug-likeness (QED) is 0.919. The van der Waals surface area contributed by atoms with Crippen LogP contribution in [0.25, 0.3) is 0 Å². The van der Waals surface area contributed by atoms with Gasteiger partial charge in [0.1, 0.15) is 0 Å². The van der Waals surface area contributed by atoms with Gasteiger partial charge in [0.2, 0.25) is 5.91 Å². The van der Waals surface area contributed by atoms with Crippen LogP contribution >= 0.6 is 0 Å². The average Bonchev–Trinajstić information content (AvgIpc) is 3.10. The molecule has 2 fully saturated rings. The van der Waals surface area contributed by atoms with E-state index < -0.39 is 0 Å². The van der Waals surface area contributed by atoms with E-state index in [1.54, 1.807) is 7.11 Å². The zero-order valence-corrected chi connectivity index (χ0v) is 11.9. The highest BCUT2D eigenvalue weighted by molar-refractivity contribution is 5.79. The molecule has 1 atom stereocenters. The molecule has 0 radical (unpaired) electrons. The van der Waals surface area contributed by atoms with Gasteiger partial charge in [-0.1, -0.05) is 6.07 Å². The fourth-order valence-electron chi connectivity index (χ4n) is 3.07. The molecule has 2 aliphatic rings. The summed E-state index contributed by atoms with van der Waals surface area (Å²) in [5.41, 5.74) is 1.15. The van der Waals surface area contributed by atoms with Gasteiger partial charge in [-0.2, -0.15) is 0 Å². The highest BCUT2D eigenvalue weighted by atomic mass is 16.5. The zero-order chi connectivity index (χ0) is 13.9. The zero-order valence-electron chi connectivity index (χ0n) is 11.9. The lowest BCUT2D eigenvalue weighted by Gasteiger charge is -2.18. The number of hydrogen-bond donors (Lipinski definition) is 1. The molecule has 108 valence electrons. The van der Waals surface area contributed by atoms with Crippen molar-refractivity contribution >= 4 is 5.91 Å². The highest BCUT2D eigenvalue weighted by Gasteiger charge is 2.25. The van der Waals surface area contributed by atoms with Gasteiger partial charge in [-0.25, -0.2) is 0 Å². The molecule has 1 aliphatic carbocycles. The van der Waals surface area contributed by atoms with Crippen LogP contribution in [0.4, 0.5) is 0 Å². The molecule has 1 aromatic rings. The number of benzene rings is 1. The van der Waals surface area contributed by atoms with Crippen LogP contribution in [0.3, 0.4) is 0 Å². The lowest BCUT2D eigenvalue weighted by atomic mass is 9.98. The molecule has 4 nitrogen and oxygen atoms in total. The monoisotopic (exact) mass is 275 g/mol. The van der Waals surface area contributed by atoms with Gasteiger partial charge >= 0.3 is 0 Å².